The summed E-state index contributed by atoms with van der Waals surface area (Å²) in [5.74, 6) is -0.165. The molecule has 0 bridgehead atoms. The Bertz CT molecular complexity index is 1070. The lowest BCUT2D eigenvalue weighted by Crippen LogP contribution is -2.35. The molecule has 0 aliphatic heterocycles. The number of fused-ring (bicyclic) bond motifs is 1. The van der Waals surface area contributed by atoms with Crippen molar-refractivity contribution in [2.75, 3.05) is 0 Å². The molecule has 0 saturated carbocycles. The minimum absolute atomic E-state index is 0.0455. The number of nitrogens with zero attached hydrogens (tertiary/aromatic N) is 1. The van der Waals surface area contributed by atoms with Crippen LogP contribution < -0.4 is 10.9 Å². The molecule has 148 valence electrons. The predicted octanol–water partition coefficient (Wildman–Crippen LogP) is 4.36. The van der Waals surface area contributed by atoms with Crippen LogP contribution in [0.3, 0.4) is 0 Å². The van der Waals surface area contributed by atoms with Crippen molar-refractivity contribution in [2.45, 2.75) is 38.8 Å². The summed E-state index contributed by atoms with van der Waals surface area (Å²) < 4.78 is 1.65. The van der Waals surface area contributed by atoms with E-state index in [1.807, 2.05) is 42.5 Å². The summed E-state index contributed by atoms with van der Waals surface area (Å²) in [5, 5.41) is 3.57. The van der Waals surface area contributed by atoms with Gasteiger partial charge in [0.25, 0.3) is 5.56 Å². The monoisotopic (exact) mass is 406 g/mol. The van der Waals surface area contributed by atoms with Crippen LogP contribution in [0, 0.1) is 0 Å². The summed E-state index contributed by atoms with van der Waals surface area (Å²) in [6.07, 6.45) is 3.91. The summed E-state index contributed by atoms with van der Waals surface area (Å²) in [5.41, 5.74) is 5.12. The van der Waals surface area contributed by atoms with Crippen LogP contribution in [-0.2, 0) is 30.7 Å². The van der Waals surface area contributed by atoms with E-state index >= 15 is 0 Å². The largest absolute Gasteiger partial charge is 0.350 e. The van der Waals surface area contributed by atoms with Crippen molar-refractivity contribution in [3.05, 3.63) is 92.9 Å². The summed E-state index contributed by atoms with van der Waals surface area (Å²) in [4.78, 5) is 25.4. The highest BCUT2D eigenvalue weighted by Gasteiger charge is 2.20. The molecule has 2 aromatic carbocycles. The van der Waals surface area contributed by atoms with Crippen molar-refractivity contribution < 1.29 is 4.79 Å². The van der Waals surface area contributed by atoms with Gasteiger partial charge in [-0.05, 0) is 60.1 Å². The van der Waals surface area contributed by atoms with Gasteiger partial charge in [0.1, 0.15) is 6.54 Å². The van der Waals surface area contributed by atoms with Gasteiger partial charge in [-0.25, -0.2) is 0 Å². The Morgan fingerprint density at radius 1 is 1.00 bits per heavy atom. The summed E-state index contributed by atoms with van der Waals surface area (Å²) in [6.45, 7) is 0.457. The summed E-state index contributed by atoms with van der Waals surface area (Å²) in [7, 11) is 0. The lowest BCUT2D eigenvalue weighted by atomic mass is 9.89. The number of carbonyl (C=O) groups excluding carboxylic acids is 1. The Morgan fingerprint density at radius 2 is 1.72 bits per heavy atom. The van der Waals surface area contributed by atoms with E-state index in [-0.39, 0.29) is 18.0 Å². The normalized spacial score (nSPS) is 13.0. The third-order valence-corrected chi connectivity index (χ3v) is 5.66. The molecule has 3 aromatic rings. The van der Waals surface area contributed by atoms with Crippen molar-refractivity contribution in [3.8, 4) is 11.1 Å². The fourth-order valence-corrected chi connectivity index (χ4v) is 4.08. The van der Waals surface area contributed by atoms with Crippen LogP contribution in [-0.4, -0.2) is 10.5 Å². The maximum atomic E-state index is 12.9. The molecule has 1 heterocycles. The Balaban J connectivity index is 1.58. The molecule has 4 nitrogen and oxygen atoms in total. The number of rotatable bonds is 5. The molecule has 0 atom stereocenters. The topological polar surface area (TPSA) is 51.1 Å². The van der Waals surface area contributed by atoms with Gasteiger partial charge in [-0.3, -0.25) is 9.59 Å². The molecule has 0 radical (unpaired) electrons. The maximum absolute atomic E-state index is 12.9. The molecular formula is C24H23ClN2O2. The first-order valence-electron chi connectivity index (χ1n) is 9.94. The Kier molecular flexibility index (Phi) is 5.81. The first kappa shape index (κ1) is 19.5. The fourth-order valence-electron chi connectivity index (χ4n) is 3.95. The third kappa shape index (κ3) is 4.43. The molecule has 1 aliphatic carbocycles. The molecule has 1 amide bonds. The quantitative estimate of drug-likeness (QED) is 0.684. The third-order valence-electron chi connectivity index (χ3n) is 5.41. The van der Waals surface area contributed by atoms with Gasteiger partial charge >= 0.3 is 0 Å². The van der Waals surface area contributed by atoms with Gasteiger partial charge in [-0.2, -0.15) is 0 Å². The number of carbonyl (C=O) groups is 1. The molecule has 1 aromatic heterocycles. The summed E-state index contributed by atoms with van der Waals surface area (Å²) in [6, 6.07) is 19.1. The SMILES string of the molecule is O=C(Cn1c2c(c(-c3ccccc3)cc1=O)CCCC2)NCc1ccc(Cl)cc1. The average molecular weight is 407 g/mol. The lowest BCUT2D eigenvalue weighted by Gasteiger charge is -2.24. The highest BCUT2D eigenvalue weighted by Crippen LogP contribution is 2.30. The van der Waals surface area contributed by atoms with Gasteiger partial charge in [-0.1, -0.05) is 54.1 Å². The maximum Gasteiger partial charge on any atom is 0.251 e. The molecule has 0 unspecified atom stereocenters. The Hall–Kier alpha value is -2.85. The van der Waals surface area contributed by atoms with E-state index in [0.717, 1.165) is 48.1 Å². The van der Waals surface area contributed by atoms with Crippen molar-refractivity contribution >= 4 is 17.5 Å². The number of nitrogens with one attached hydrogen (secondary N) is 1. The number of hydrogen-bond donors (Lipinski definition) is 1. The Morgan fingerprint density at radius 3 is 2.48 bits per heavy atom. The second-order valence-corrected chi connectivity index (χ2v) is 7.82. The number of amides is 1. The fraction of sp³-hybridized carbons (Fsp3) is 0.250. The number of pyridine rings is 1. The molecule has 29 heavy (non-hydrogen) atoms. The van der Waals surface area contributed by atoms with E-state index in [0.29, 0.717) is 11.6 Å². The van der Waals surface area contributed by atoms with Crippen LogP contribution in [0.1, 0.15) is 29.7 Å². The van der Waals surface area contributed by atoms with Crippen molar-refractivity contribution in [3.63, 3.8) is 0 Å². The molecule has 1 aliphatic rings. The predicted molar refractivity (Wildman–Crippen MR) is 116 cm³/mol. The average Bonchev–Trinajstić information content (AvgIpc) is 2.76. The zero-order valence-electron chi connectivity index (χ0n) is 16.2. The van der Waals surface area contributed by atoms with E-state index in [1.165, 1.54) is 5.56 Å². The second kappa shape index (κ2) is 8.66. The van der Waals surface area contributed by atoms with E-state index in [4.69, 9.17) is 11.6 Å². The van der Waals surface area contributed by atoms with Crippen LogP contribution in [0.15, 0.2) is 65.5 Å². The van der Waals surface area contributed by atoms with Crippen molar-refractivity contribution in [1.29, 1.82) is 0 Å². The highest BCUT2D eigenvalue weighted by molar-refractivity contribution is 6.30. The van der Waals surface area contributed by atoms with E-state index in [9.17, 15) is 9.59 Å². The number of benzene rings is 2. The van der Waals surface area contributed by atoms with Gasteiger partial charge in [-0.15, -0.1) is 0 Å². The van der Waals surface area contributed by atoms with E-state index < -0.39 is 0 Å². The Labute approximate surface area is 175 Å². The molecule has 5 heteroatoms. The number of aromatic nitrogens is 1. The lowest BCUT2D eigenvalue weighted by molar-refractivity contribution is -0.121. The molecule has 0 saturated heterocycles. The van der Waals surface area contributed by atoms with Crippen LogP contribution in [0.25, 0.3) is 11.1 Å². The molecule has 1 N–H and O–H groups in total. The van der Waals surface area contributed by atoms with Gasteiger partial charge in [0.05, 0.1) is 0 Å². The zero-order valence-corrected chi connectivity index (χ0v) is 16.9. The standard InChI is InChI=1S/C24H23ClN2O2/c25-19-12-10-17(11-13-19)15-26-23(28)16-27-22-9-5-4-8-20(22)21(14-24(27)29)18-6-2-1-3-7-18/h1-3,6-7,10-14H,4-5,8-9,15-16H2,(H,26,28). The van der Waals surface area contributed by atoms with Crippen LogP contribution in [0.5, 0.6) is 0 Å². The molecular weight excluding hydrogens is 384 g/mol. The minimum atomic E-state index is -0.165. The van der Waals surface area contributed by atoms with Gasteiger partial charge in [0.2, 0.25) is 5.91 Å². The van der Waals surface area contributed by atoms with Crippen LogP contribution in [0.4, 0.5) is 0 Å². The van der Waals surface area contributed by atoms with Gasteiger partial charge in [0, 0.05) is 23.3 Å². The highest BCUT2D eigenvalue weighted by atomic mass is 35.5. The summed E-state index contributed by atoms with van der Waals surface area (Å²) >= 11 is 5.90. The molecule has 4 rings (SSSR count). The minimum Gasteiger partial charge on any atom is -0.350 e. The smallest absolute Gasteiger partial charge is 0.251 e. The van der Waals surface area contributed by atoms with Gasteiger partial charge < -0.3 is 9.88 Å². The first-order valence-corrected chi connectivity index (χ1v) is 10.3. The number of halogens is 1. The zero-order chi connectivity index (χ0) is 20.2. The van der Waals surface area contributed by atoms with Crippen molar-refractivity contribution in [1.82, 2.24) is 9.88 Å². The molecule has 0 spiro atoms. The van der Waals surface area contributed by atoms with Crippen LogP contribution >= 0.6 is 11.6 Å². The second-order valence-electron chi connectivity index (χ2n) is 7.38. The van der Waals surface area contributed by atoms with Gasteiger partial charge in [0.15, 0.2) is 0 Å². The molecule has 0 fully saturated rings. The van der Waals surface area contributed by atoms with Crippen molar-refractivity contribution in [2.24, 2.45) is 0 Å². The number of hydrogen-bond acceptors (Lipinski definition) is 2. The van der Waals surface area contributed by atoms with E-state index in [1.54, 1.807) is 22.8 Å². The van der Waals surface area contributed by atoms with E-state index in [2.05, 4.69) is 5.32 Å². The van der Waals surface area contributed by atoms with Crippen LogP contribution in [0.2, 0.25) is 5.02 Å². The first-order chi connectivity index (χ1) is 14.1.